The van der Waals surface area contributed by atoms with Crippen LogP contribution in [0.1, 0.15) is 38.2 Å². The molecule has 2 fully saturated rings. The predicted octanol–water partition coefficient (Wildman–Crippen LogP) is 5.31. The molecule has 1 atom stereocenters. The van der Waals surface area contributed by atoms with Crippen molar-refractivity contribution in [3.63, 3.8) is 0 Å². The third kappa shape index (κ3) is 5.88. The van der Waals surface area contributed by atoms with Gasteiger partial charge in [-0.1, -0.05) is 36.5 Å². The fourth-order valence-electron chi connectivity index (χ4n) is 4.13. The lowest BCUT2D eigenvalue weighted by molar-refractivity contribution is 0.0951. The smallest absolute Gasteiger partial charge is 0.289 e. The zero-order valence-electron chi connectivity index (χ0n) is 18.5. The van der Waals surface area contributed by atoms with Gasteiger partial charge in [-0.3, -0.25) is 4.57 Å². The predicted molar refractivity (Wildman–Crippen MR) is 124 cm³/mol. The molecule has 0 spiro atoms. The number of methoxy groups -OCH3 is 1. The van der Waals surface area contributed by atoms with Gasteiger partial charge in [-0.15, -0.1) is 10.2 Å². The second kappa shape index (κ2) is 11.1. The maximum Gasteiger partial charge on any atom is 0.289 e. The van der Waals surface area contributed by atoms with Crippen LogP contribution in [0.5, 0.6) is 5.75 Å². The summed E-state index contributed by atoms with van der Waals surface area (Å²) in [5, 5.41) is 9.92. The van der Waals surface area contributed by atoms with Crippen LogP contribution >= 0.6 is 23.5 Å². The number of ether oxygens (including phenoxy) is 2. The number of hydrogen-bond acceptors (Lipinski definition) is 7. The molecule has 0 bridgehead atoms. The molecule has 2 aromatic rings. The second-order valence-electron chi connectivity index (χ2n) is 8.35. The highest BCUT2D eigenvalue weighted by Crippen LogP contribution is 2.36. The third-order valence-corrected chi connectivity index (χ3v) is 7.79. The Hall–Kier alpha value is -1.52. The van der Waals surface area contributed by atoms with Crippen LogP contribution in [-0.4, -0.2) is 53.4 Å². The van der Waals surface area contributed by atoms with Gasteiger partial charge in [0.15, 0.2) is 5.16 Å². The minimum atomic E-state index is -2.48. The number of rotatable bonds is 9. The molecule has 0 aliphatic carbocycles. The molecule has 1 aromatic carbocycles. The van der Waals surface area contributed by atoms with Gasteiger partial charge in [0.25, 0.3) is 5.76 Å². The Bertz CT molecular complexity index is 885. The number of benzene rings is 1. The normalized spacial score (nSPS) is 19.8. The van der Waals surface area contributed by atoms with Crippen molar-refractivity contribution in [1.82, 2.24) is 14.8 Å². The van der Waals surface area contributed by atoms with Gasteiger partial charge in [0, 0.05) is 25.4 Å². The average Bonchev–Trinajstić information content (AvgIpc) is 3.44. The first kappa shape index (κ1) is 23.6. The number of piperidine rings is 1. The molecule has 6 nitrogen and oxygen atoms in total. The summed E-state index contributed by atoms with van der Waals surface area (Å²) in [7, 11) is 1.51. The Morgan fingerprint density at radius 3 is 2.72 bits per heavy atom. The summed E-state index contributed by atoms with van der Waals surface area (Å²) in [5.41, 5.74) is 0.991. The number of thioether (sulfide) groups is 2. The van der Waals surface area contributed by atoms with E-state index in [0.29, 0.717) is 28.2 Å². The van der Waals surface area contributed by atoms with E-state index in [9.17, 15) is 8.78 Å². The molecule has 1 unspecified atom stereocenters. The van der Waals surface area contributed by atoms with Gasteiger partial charge < -0.3 is 14.4 Å². The van der Waals surface area contributed by atoms with Crippen molar-refractivity contribution in [2.75, 3.05) is 31.7 Å². The number of nitrogens with zero attached hydrogens (tertiary/aromatic N) is 4. The van der Waals surface area contributed by atoms with E-state index in [2.05, 4.69) is 26.6 Å². The van der Waals surface area contributed by atoms with Crippen LogP contribution in [0.25, 0.3) is 0 Å². The van der Waals surface area contributed by atoms with Crippen molar-refractivity contribution >= 4 is 29.5 Å². The summed E-state index contributed by atoms with van der Waals surface area (Å²) in [5.74, 6) is 0.317. The number of alkyl halides is 2. The fourth-order valence-corrected chi connectivity index (χ4v) is 5.61. The van der Waals surface area contributed by atoms with Gasteiger partial charge in [0.1, 0.15) is 5.75 Å². The summed E-state index contributed by atoms with van der Waals surface area (Å²) >= 11 is 2.11. The molecule has 10 heteroatoms. The maximum atomic E-state index is 12.8. The minimum Gasteiger partial charge on any atom is -0.496 e. The lowest BCUT2D eigenvalue weighted by Gasteiger charge is -2.31. The summed E-state index contributed by atoms with van der Waals surface area (Å²) in [6, 6.07) is 5.39. The number of aromatic nitrogens is 3. The lowest BCUT2D eigenvalue weighted by atomic mass is 10.00. The first-order chi connectivity index (χ1) is 15.5. The summed E-state index contributed by atoms with van der Waals surface area (Å²) in [6.45, 7) is 5.86. The Labute approximate surface area is 196 Å². The molecule has 32 heavy (non-hydrogen) atoms. The van der Waals surface area contributed by atoms with Gasteiger partial charge >= 0.3 is 0 Å². The molecule has 4 rings (SSSR count). The molecule has 2 aliphatic rings. The molecule has 3 heterocycles. The lowest BCUT2D eigenvalue weighted by Crippen LogP contribution is -2.35. The highest BCUT2D eigenvalue weighted by Gasteiger charge is 2.26. The van der Waals surface area contributed by atoms with Crippen molar-refractivity contribution in [3.8, 4) is 5.75 Å². The Morgan fingerprint density at radius 1 is 1.22 bits per heavy atom. The minimum absolute atomic E-state index is 0.193. The quantitative estimate of drug-likeness (QED) is 0.447. The number of hydrogen-bond donors (Lipinski definition) is 0. The Kier molecular flexibility index (Phi) is 8.17. The number of halogens is 2. The average molecular weight is 485 g/mol. The molecule has 0 radical (unpaired) electrons. The summed E-state index contributed by atoms with van der Waals surface area (Å²) in [6.07, 6.45) is 4.67. The van der Waals surface area contributed by atoms with E-state index in [-0.39, 0.29) is 6.10 Å². The number of anilines is 1. The Morgan fingerprint density at radius 2 is 2.03 bits per heavy atom. The largest absolute Gasteiger partial charge is 0.496 e. The van der Waals surface area contributed by atoms with Crippen molar-refractivity contribution in [2.24, 2.45) is 5.92 Å². The van der Waals surface area contributed by atoms with Crippen LogP contribution in [0, 0.1) is 5.92 Å². The van der Waals surface area contributed by atoms with Crippen molar-refractivity contribution in [2.45, 2.75) is 66.8 Å². The molecule has 0 N–H and O–H groups in total. The van der Waals surface area contributed by atoms with Gasteiger partial charge in [0.05, 0.1) is 24.7 Å². The van der Waals surface area contributed by atoms with Gasteiger partial charge in [-0.05, 0) is 49.3 Å². The molecular formula is C22H30F2N4O2S2. The topological polar surface area (TPSA) is 52.4 Å². The zero-order chi connectivity index (χ0) is 22.5. The van der Waals surface area contributed by atoms with Crippen LogP contribution in [-0.2, 0) is 17.0 Å². The van der Waals surface area contributed by atoms with Gasteiger partial charge in [-0.25, -0.2) is 0 Å². The van der Waals surface area contributed by atoms with Crippen molar-refractivity contribution < 1.29 is 18.3 Å². The van der Waals surface area contributed by atoms with E-state index in [0.717, 1.165) is 74.5 Å². The van der Waals surface area contributed by atoms with Gasteiger partial charge in [-0.2, -0.15) is 8.78 Å². The zero-order valence-corrected chi connectivity index (χ0v) is 20.1. The highest BCUT2D eigenvalue weighted by atomic mass is 32.2. The first-order valence-electron chi connectivity index (χ1n) is 11.1. The molecule has 0 saturated carbocycles. The van der Waals surface area contributed by atoms with Gasteiger partial charge in [0.2, 0.25) is 5.95 Å². The van der Waals surface area contributed by atoms with Crippen LogP contribution in [0.2, 0.25) is 0 Å². The summed E-state index contributed by atoms with van der Waals surface area (Å²) in [4.78, 5) is 2.78. The molecule has 2 saturated heterocycles. The van der Waals surface area contributed by atoms with Crippen molar-refractivity contribution in [1.29, 1.82) is 0 Å². The van der Waals surface area contributed by atoms with E-state index in [1.165, 1.54) is 7.11 Å². The molecule has 176 valence electrons. The van der Waals surface area contributed by atoms with Crippen LogP contribution in [0.15, 0.2) is 28.3 Å². The van der Waals surface area contributed by atoms with Crippen molar-refractivity contribution in [3.05, 3.63) is 23.8 Å². The highest BCUT2D eigenvalue weighted by molar-refractivity contribution is 7.99. The maximum absolute atomic E-state index is 12.8. The molecule has 1 aromatic heterocycles. The van der Waals surface area contributed by atoms with Crippen LogP contribution in [0.4, 0.5) is 14.7 Å². The van der Waals surface area contributed by atoms with Crippen LogP contribution < -0.4 is 9.64 Å². The van der Waals surface area contributed by atoms with E-state index in [4.69, 9.17) is 9.47 Å². The third-order valence-electron chi connectivity index (χ3n) is 5.99. The van der Waals surface area contributed by atoms with E-state index in [1.54, 1.807) is 17.8 Å². The van der Waals surface area contributed by atoms with Crippen LogP contribution in [0.3, 0.4) is 0 Å². The first-order valence-corrected chi connectivity index (χ1v) is 12.9. The van der Waals surface area contributed by atoms with E-state index < -0.39 is 5.76 Å². The standard InChI is InChI=1S/C22H30F2N4O2S2/c1-15-7-9-27(10-8-15)21-25-26-22(28(21)13-17-4-3-11-30-17)31-14-16-5-6-19(32-20(23)24)18(12-16)29-2/h5-6,12,15,17,20H,3-4,7-11,13-14H2,1-2H3. The Balaban J connectivity index is 1.50. The molecular weight excluding hydrogens is 454 g/mol. The summed E-state index contributed by atoms with van der Waals surface area (Å²) < 4.78 is 39.0. The SMILES string of the molecule is COc1cc(CSc2nnc(N3CCC(C)CC3)n2CC2CCCO2)ccc1SC(F)F. The van der Waals surface area contributed by atoms with E-state index in [1.807, 2.05) is 12.1 Å². The second-order valence-corrected chi connectivity index (χ2v) is 10.3. The monoisotopic (exact) mass is 484 g/mol. The molecule has 0 amide bonds. The van der Waals surface area contributed by atoms with E-state index >= 15 is 0 Å². The fraction of sp³-hybridized carbons (Fsp3) is 0.636. The molecule has 2 aliphatic heterocycles.